The van der Waals surface area contributed by atoms with E-state index in [1.54, 1.807) is 0 Å². The van der Waals surface area contributed by atoms with Crippen molar-refractivity contribution in [2.45, 2.75) is 52.9 Å². The molecule has 0 bridgehead atoms. The van der Waals surface area contributed by atoms with Gasteiger partial charge in [0.1, 0.15) is 0 Å². The van der Waals surface area contributed by atoms with Gasteiger partial charge in [-0.05, 0) is 52.6 Å². The van der Waals surface area contributed by atoms with Crippen LogP contribution in [-0.4, -0.2) is 35.6 Å². The van der Waals surface area contributed by atoms with Gasteiger partial charge in [0.15, 0.2) is 0 Å². The minimum Gasteiger partial charge on any atom is -0.481 e. The quantitative estimate of drug-likeness (QED) is 0.769. The van der Waals surface area contributed by atoms with Crippen LogP contribution in [0.3, 0.4) is 0 Å². The van der Waals surface area contributed by atoms with Gasteiger partial charge < -0.3 is 10.0 Å². The number of carbonyl (C=O) groups is 1. The van der Waals surface area contributed by atoms with Gasteiger partial charge in [0.05, 0.1) is 16.9 Å². The summed E-state index contributed by atoms with van der Waals surface area (Å²) in [6.45, 7) is 8.40. The lowest BCUT2D eigenvalue weighted by Gasteiger charge is -2.24. The Hall–Kier alpha value is -1.08. The Kier molecular flexibility index (Phi) is 5.37. The van der Waals surface area contributed by atoms with Crippen molar-refractivity contribution >= 4 is 5.97 Å². The van der Waals surface area contributed by atoms with Crippen LogP contribution in [0.5, 0.6) is 0 Å². The van der Waals surface area contributed by atoms with Gasteiger partial charge >= 0.3 is 5.97 Å². The molecule has 1 unspecified atom stereocenters. The van der Waals surface area contributed by atoms with E-state index in [0.717, 1.165) is 45.2 Å². The normalized spacial score (nSPS) is 24.3. The first-order valence-corrected chi connectivity index (χ1v) is 7.22. The van der Waals surface area contributed by atoms with Crippen LogP contribution in [-0.2, 0) is 4.79 Å². The van der Waals surface area contributed by atoms with Gasteiger partial charge in [-0.3, -0.25) is 4.79 Å². The summed E-state index contributed by atoms with van der Waals surface area (Å²) in [6, 6.07) is 2.31. The zero-order chi connectivity index (χ0) is 14.5. The zero-order valence-electron chi connectivity index (χ0n) is 12.4. The monoisotopic (exact) mass is 266 g/mol. The summed E-state index contributed by atoms with van der Waals surface area (Å²) in [6.07, 6.45) is 4.28. The van der Waals surface area contributed by atoms with E-state index in [2.05, 4.69) is 11.0 Å². The van der Waals surface area contributed by atoms with Crippen molar-refractivity contribution in [3.8, 4) is 6.07 Å². The molecule has 1 saturated heterocycles. The van der Waals surface area contributed by atoms with Crippen molar-refractivity contribution < 1.29 is 9.90 Å². The predicted molar refractivity (Wildman–Crippen MR) is 74.7 cm³/mol. The van der Waals surface area contributed by atoms with E-state index in [1.165, 1.54) is 0 Å². The Bertz CT molecular complexity index is 360. The maximum absolute atomic E-state index is 11.5. The van der Waals surface area contributed by atoms with Crippen molar-refractivity contribution in [3.63, 3.8) is 0 Å². The molecule has 1 heterocycles. The van der Waals surface area contributed by atoms with Crippen LogP contribution in [0, 0.1) is 22.2 Å². The molecular weight excluding hydrogens is 240 g/mol. The molecule has 4 heteroatoms. The van der Waals surface area contributed by atoms with Crippen LogP contribution in [0.2, 0.25) is 0 Å². The molecule has 0 aromatic carbocycles. The van der Waals surface area contributed by atoms with Gasteiger partial charge in [-0.2, -0.15) is 5.26 Å². The third-order valence-corrected chi connectivity index (χ3v) is 4.19. The fraction of sp³-hybridized carbons (Fsp3) is 0.867. The number of nitriles is 1. The standard InChI is InChI=1S/C15H26N2O2/c1-4-6-15(13(18)19)8-10-17(12-15)9-5-7-14(2,3)11-16/h4-10,12H2,1-3H3,(H,18,19). The average Bonchev–Trinajstić information content (AvgIpc) is 2.74. The van der Waals surface area contributed by atoms with E-state index in [9.17, 15) is 9.90 Å². The molecule has 1 aliphatic heterocycles. The second-order valence-corrected chi connectivity index (χ2v) is 6.46. The summed E-state index contributed by atoms with van der Waals surface area (Å²) in [5, 5.41) is 18.4. The van der Waals surface area contributed by atoms with Crippen LogP contribution >= 0.6 is 0 Å². The number of carboxylic acids is 1. The summed E-state index contributed by atoms with van der Waals surface area (Å²) in [7, 11) is 0. The molecule has 1 aliphatic rings. The van der Waals surface area contributed by atoms with Crippen LogP contribution in [0.4, 0.5) is 0 Å². The molecule has 1 N–H and O–H groups in total. The molecule has 0 radical (unpaired) electrons. The number of hydrogen-bond acceptors (Lipinski definition) is 3. The Balaban J connectivity index is 2.44. The van der Waals surface area contributed by atoms with Crippen LogP contribution < -0.4 is 0 Å². The highest BCUT2D eigenvalue weighted by Crippen LogP contribution is 2.35. The number of carboxylic acid groups (broad SMARTS) is 1. The highest BCUT2D eigenvalue weighted by atomic mass is 16.4. The first-order chi connectivity index (χ1) is 8.85. The van der Waals surface area contributed by atoms with Gasteiger partial charge in [0, 0.05) is 6.54 Å². The van der Waals surface area contributed by atoms with Crippen molar-refractivity contribution in [1.82, 2.24) is 4.90 Å². The molecule has 0 saturated carbocycles. The van der Waals surface area contributed by atoms with Crippen molar-refractivity contribution in [2.75, 3.05) is 19.6 Å². The second-order valence-electron chi connectivity index (χ2n) is 6.46. The summed E-state index contributed by atoms with van der Waals surface area (Å²) in [4.78, 5) is 13.7. The molecule has 4 nitrogen and oxygen atoms in total. The van der Waals surface area contributed by atoms with Gasteiger partial charge in [0.2, 0.25) is 0 Å². The molecule has 19 heavy (non-hydrogen) atoms. The maximum Gasteiger partial charge on any atom is 0.310 e. The second kappa shape index (κ2) is 6.38. The van der Waals surface area contributed by atoms with Crippen LogP contribution in [0.25, 0.3) is 0 Å². The number of nitrogens with zero attached hydrogens (tertiary/aromatic N) is 2. The summed E-state index contributed by atoms with van der Waals surface area (Å²) >= 11 is 0. The first-order valence-electron chi connectivity index (χ1n) is 7.22. The van der Waals surface area contributed by atoms with Crippen molar-refractivity contribution in [3.05, 3.63) is 0 Å². The van der Waals surface area contributed by atoms with Crippen LogP contribution in [0.15, 0.2) is 0 Å². The van der Waals surface area contributed by atoms with Gasteiger partial charge in [-0.15, -0.1) is 0 Å². The van der Waals surface area contributed by atoms with E-state index in [4.69, 9.17) is 5.26 Å². The molecule has 1 rings (SSSR count). The number of likely N-dealkylation sites (tertiary alicyclic amines) is 1. The first kappa shape index (κ1) is 16.0. The number of rotatable bonds is 7. The Labute approximate surface area is 116 Å². The van der Waals surface area contributed by atoms with E-state index < -0.39 is 11.4 Å². The SMILES string of the molecule is CCCC1(C(=O)O)CCN(CCCC(C)(C)C#N)C1. The average molecular weight is 266 g/mol. The highest BCUT2D eigenvalue weighted by molar-refractivity contribution is 5.75. The predicted octanol–water partition coefficient (Wildman–Crippen LogP) is 2.89. The molecule has 0 aromatic heterocycles. The van der Waals surface area contributed by atoms with E-state index >= 15 is 0 Å². The van der Waals surface area contributed by atoms with E-state index in [1.807, 2.05) is 20.8 Å². The fourth-order valence-corrected chi connectivity index (χ4v) is 2.91. The molecule has 0 aromatic rings. The Morgan fingerprint density at radius 1 is 1.53 bits per heavy atom. The van der Waals surface area contributed by atoms with Gasteiger partial charge in [-0.1, -0.05) is 13.3 Å². The number of aliphatic carboxylic acids is 1. The molecular formula is C15H26N2O2. The van der Waals surface area contributed by atoms with Gasteiger partial charge in [0.25, 0.3) is 0 Å². The molecule has 108 valence electrons. The highest BCUT2D eigenvalue weighted by Gasteiger charge is 2.43. The summed E-state index contributed by atoms with van der Waals surface area (Å²) in [5.41, 5.74) is -0.799. The lowest BCUT2D eigenvalue weighted by molar-refractivity contribution is -0.148. The fourth-order valence-electron chi connectivity index (χ4n) is 2.91. The maximum atomic E-state index is 11.5. The zero-order valence-corrected chi connectivity index (χ0v) is 12.4. The lowest BCUT2D eigenvalue weighted by Crippen LogP contribution is -2.35. The molecule has 0 aliphatic carbocycles. The molecule has 0 spiro atoms. The molecule has 0 amide bonds. The van der Waals surface area contributed by atoms with Crippen molar-refractivity contribution in [2.24, 2.45) is 10.8 Å². The summed E-state index contributed by atoms with van der Waals surface area (Å²) in [5.74, 6) is -0.644. The smallest absolute Gasteiger partial charge is 0.310 e. The number of hydrogen-bond donors (Lipinski definition) is 1. The van der Waals surface area contributed by atoms with E-state index in [-0.39, 0.29) is 5.41 Å². The van der Waals surface area contributed by atoms with Crippen molar-refractivity contribution in [1.29, 1.82) is 5.26 Å². The van der Waals surface area contributed by atoms with Crippen LogP contribution in [0.1, 0.15) is 52.9 Å². The minimum absolute atomic E-state index is 0.271. The molecule has 1 fully saturated rings. The van der Waals surface area contributed by atoms with E-state index in [0.29, 0.717) is 6.54 Å². The Morgan fingerprint density at radius 2 is 2.21 bits per heavy atom. The topological polar surface area (TPSA) is 64.3 Å². The van der Waals surface area contributed by atoms with Gasteiger partial charge in [-0.25, -0.2) is 0 Å². The minimum atomic E-state index is -0.644. The third kappa shape index (κ3) is 4.21. The lowest BCUT2D eigenvalue weighted by atomic mass is 9.83. The largest absolute Gasteiger partial charge is 0.481 e. The Morgan fingerprint density at radius 3 is 2.74 bits per heavy atom. The molecule has 1 atom stereocenters. The summed E-state index contributed by atoms with van der Waals surface area (Å²) < 4.78 is 0. The third-order valence-electron chi connectivity index (χ3n) is 4.19.